The van der Waals surface area contributed by atoms with Crippen LogP contribution in [0.3, 0.4) is 0 Å². The Morgan fingerprint density at radius 1 is 1.33 bits per heavy atom. The molecule has 0 amide bonds. The second-order valence-corrected chi connectivity index (χ2v) is 5.13. The first-order valence-corrected chi connectivity index (χ1v) is 6.54. The second kappa shape index (κ2) is 5.53. The van der Waals surface area contributed by atoms with Crippen LogP contribution < -0.4 is 5.32 Å². The van der Waals surface area contributed by atoms with Crippen LogP contribution in [0, 0.1) is 20.8 Å². The molecule has 1 aliphatic rings. The molecule has 0 saturated carbocycles. The number of hydrogen-bond acceptors (Lipinski definition) is 3. The molecule has 3 nitrogen and oxygen atoms in total. The second-order valence-electron chi connectivity index (χ2n) is 5.13. The standard InChI is InChI=1S/C15H21NO2/c1-10-7-11(2)13(12(3)8-10)9-18-15(17)14-5-4-6-16-14/h7-8,14,16H,4-6,9H2,1-3H3. The van der Waals surface area contributed by atoms with Gasteiger partial charge >= 0.3 is 5.97 Å². The van der Waals surface area contributed by atoms with Crippen LogP contribution in [0.4, 0.5) is 0 Å². The topological polar surface area (TPSA) is 38.3 Å². The molecule has 3 heteroatoms. The number of benzene rings is 1. The zero-order valence-electron chi connectivity index (χ0n) is 11.4. The van der Waals surface area contributed by atoms with E-state index in [-0.39, 0.29) is 12.0 Å². The van der Waals surface area contributed by atoms with Crippen molar-refractivity contribution in [3.63, 3.8) is 0 Å². The van der Waals surface area contributed by atoms with E-state index in [9.17, 15) is 4.79 Å². The Balaban J connectivity index is 1.99. The number of esters is 1. The molecule has 1 atom stereocenters. The van der Waals surface area contributed by atoms with Crippen molar-refractivity contribution in [1.82, 2.24) is 5.32 Å². The van der Waals surface area contributed by atoms with Gasteiger partial charge in [-0.3, -0.25) is 4.79 Å². The Morgan fingerprint density at radius 2 is 2.00 bits per heavy atom. The molecule has 1 saturated heterocycles. The minimum Gasteiger partial charge on any atom is -0.460 e. The third-order valence-corrected chi connectivity index (χ3v) is 3.54. The molecule has 1 heterocycles. The van der Waals surface area contributed by atoms with Crippen molar-refractivity contribution < 1.29 is 9.53 Å². The first kappa shape index (κ1) is 13.1. The quantitative estimate of drug-likeness (QED) is 0.834. The Bertz CT molecular complexity index is 425. The Kier molecular flexibility index (Phi) is 4.02. The molecule has 0 aromatic heterocycles. The molecule has 18 heavy (non-hydrogen) atoms. The summed E-state index contributed by atoms with van der Waals surface area (Å²) in [6, 6.07) is 4.16. The van der Waals surface area contributed by atoms with Crippen molar-refractivity contribution in [3.05, 3.63) is 34.4 Å². The van der Waals surface area contributed by atoms with E-state index in [1.54, 1.807) is 0 Å². The molecule has 0 spiro atoms. The molecule has 2 rings (SSSR count). The van der Waals surface area contributed by atoms with Crippen molar-refractivity contribution in [3.8, 4) is 0 Å². The van der Waals surface area contributed by atoms with Gasteiger partial charge in [-0.2, -0.15) is 0 Å². The maximum atomic E-state index is 11.8. The van der Waals surface area contributed by atoms with Gasteiger partial charge in [0.15, 0.2) is 0 Å². The van der Waals surface area contributed by atoms with Crippen LogP contribution in [0.1, 0.15) is 35.1 Å². The summed E-state index contributed by atoms with van der Waals surface area (Å²) in [7, 11) is 0. The average molecular weight is 247 g/mol. The number of carbonyl (C=O) groups excluding carboxylic acids is 1. The van der Waals surface area contributed by atoms with Crippen molar-refractivity contribution in [2.75, 3.05) is 6.54 Å². The summed E-state index contributed by atoms with van der Waals surface area (Å²) in [5, 5.41) is 3.16. The van der Waals surface area contributed by atoms with E-state index in [2.05, 4.69) is 38.2 Å². The lowest BCUT2D eigenvalue weighted by Crippen LogP contribution is -2.32. The molecule has 1 fully saturated rings. The fourth-order valence-electron chi connectivity index (χ4n) is 2.57. The molecule has 1 aromatic carbocycles. The first-order chi connectivity index (χ1) is 8.58. The average Bonchev–Trinajstić information content (AvgIpc) is 2.80. The zero-order valence-corrected chi connectivity index (χ0v) is 11.4. The predicted octanol–water partition coefficient (Wildman–Crippen LogP) is 2.41. The Hall–Kier alpha value is -1.35. The number of rotatable bonds is 3. The highest BCUT2D eigenvalue weighted by atomic mass is 16.5. The van der Waals surface area contributed by atoms with Crippen LogP contribution in [0.5, 0.6) is 0 Å². The normalized spacial score (nSPS) is 18.9. The van der Waals surface area contributed by atoms with Gasteiger partial charge in [-0.15, -0.1) is 0 Å². The van der Waals surface area contributed by atoms with E-state index in [1.807, 2.05) is 0 Å². The largest absolute Gasteiger partial charge is 0.460 e. The van der Waals surface area contributed by atoms with Gasteiger partial charge in [0.1, 0.15) is 12.6 Å². The smallest absolute Gasteiger partial charge is 0.323 e. The van der Waals surface area contributed by atoms with E-state index in [1.165, 1.54) is 16.7 Å². The summed E-state index contributed by atoms with van der Waals surface area (Å²) >= 11 is 0. The van der Waals surface area contributed by atoms with Gasteiger partial charge < -0.3 is 10.1 Å². The number of aryl methyl sites for hydroxylation is 3. The third-order valence-electron chi connectivity index (χ3n) is 3.54. The van der Waals surface area contributed by atoms with E-state index < -0.39 is 0 Å². The van der Waals surface area contributed by atoms with Gasteiger partial charge in [0.25, 0.3) is 0 Å². The van der Waals surface area contributed by atoms with E-state index in [4.69, 9.17) is 4.74 Å². The summed E-state index contributed by atoms with van der Waals surface area (Å²) in [5.74, 6) is -0.119. The Morgan fingerprint density at radius 3 is 2.56 bits per heavy atom. The zero-order chi connectivity index (χ0) is 13.1. The lowest BCUT2D eigenvalue weighted by atomic mass is 10.0. The molecular weight excluding hydrogens is 226 g/mol. The maximum Gasteiger partial charge on any atom is 0.323 e. The van der Waals surface area contributed by atoms with Gasteiger partial charge in [0.05, 0.1) is 0 Å². The van der Waals surface area contributed by atoms with Crippen LogP contribution in [0.25, 0.3) is 0 Å². The summed E-state index contributed by atoms with van der Waals surface area (Å²) in [6.07, 6.45) is 1.95. The lowest BCUT2D eigenvalue weighted by Gasteiger charge is -2.14. The van der Waals surface area contributed by atoms with Crippen LogP contribution in [-0.4, -0.2) is 18.6 Å². The number of hydrogen-bond donors (Lipinski definition) is 1. The van der Waals surface area contributed by atoms with E-state index in [0.717, 1.165) is 24.9 Å². The Labute approximate surface area is 109 Å². The number of carbonyl (C=O) groups is 1. The summed E-state index contributed by atoms with van der Waals surface area (Å²) in [4.78, 5) is 11.8. The molecule has 0 radical (unpaired) electrons. The molecule has 1 aliphatic heterocycles. The third kappa shape index (κ3) is 2.91. The molecule has 1 N–H and O–H groups in total. The van der Waals surface area contributed by atoms with E-state index in [0.29, 0.717) is 6.61 Å². The van der Waals surface area contributed by atoms with E-state index >= 15 is 0 Å². The van der Waals surface area contributed by atoms with Crippen LogP contribution in [0.15, 0.2) is 12.1 Å². The SMILES string of the molecule is Cc1cc(C)c(COC(=O)C2CCCN2)c(C)c1. The van der Waals surface area contributed by atoms with Crippen molar-refractivity contribution in [1.29, 1.82) is 0 Å². The highest BCUT2D eigenvalue weighted by Crippen LogP contribution is 2.18. The van der Waals surface area contributed by atoms with Crippen LogP contribution in [0.2, 0.25) is 0 Å². The summed E-state index contributed by atoms with van der Waals surface area (Å²) in [5.41, 5.74) is 4.77. The lowest BCUT2D eigenvalue weighted by molar-refractivity contribution is -0.147. The minimum atomic E-state index is -0.119. The summed E-state index contributed by atoms with van der Waals surface area (Å²) < 4.78 is 5.41. The summed E-state index contributed by atoms with van der Waals surface area (Å²) in [6.45, 7) is 7.52. The van der Waals surface area contributed by atoms with Gasteiger partial charge in [-0.05, 0) is 56.8 Å². The van der Waals surface area contributed by atoms with Gasteiger partial charge in [-0.25, -0.2) is 0 Å². The van der Waals surface area contributed by atoms with Crippen molar-refractivity contribution >= 4 is 5.97 Å². The number of ether oxygens (including phenoxy) is 1. The molecule has 0 bridgehead atoms. The van der Waals surface area contributed by atoms with Crippen LogP contribution >= 0.6 is 0 Å². The molecule has 0 aliphatic carbocycles. The van der Waals surface area contributed by atoms with Gasteiger partial charge in [-0.1, -0.05) is 17.7 Å². The van der Waals surface area contributed by atoms with Crippen molar-refractivity contribution in [2.24, 2.45) is 0 Å². The van der Waals surface area contributed by atoms with Crippen LogP contribution in [-0.2, 0) is 16.1 Å². The minimum absolute atomic E-state index is 0.101. The predicted molar refractivity (Wildman–Crippen MR) is 71.5 cm³/mol. The fraction of sp³-hybridized carbons (Fsp3) is 0.533. The maximum absolute atomic E-state index is 11.8. The number of nitrogens with one attached hydrogen (secondary N) is 1. The first-order valence-electron chi connectivity index (χ1n) is 6.54. The molecule has 1 aromatic rings. The van der Waals surface area contributed by atoms with Crippen molar-refractivity contribution in [2.45, 2.75) is 46.3 Å². The highest BCUT2D eigenvalue weighted by Gasteiger charge is 2.23. The highest BCUT2D eigenvalue weighted by molar-refractivity contribution is 5.76. The fourth-order valence-corrected chi connectivity index (χ4v) is 2.57. The molecule has 1 unspecified atom stereocenters. The van der Waals surface area contributed by atoms with Gasteiger partial charge in [0.2, 0.25) is 0 Å². The monoisotopic (exact) mass is 247 g/mol. The van der Waals surface area contributed by atoms with Gasteiger partial charge in [0, 0.05) is 0 Å². The molecule has 98 valence electrons. The molecular formula is C15H21NO2.